The molecule has 1 aromatic heterocycles. The smallest absolute Gasteiger partial charge is 0.301 e. The maximum Gasteiger partial charge on any atom is 0.301 e. The molecule has 2 rings (SSSR count). The number of pyridine rings is 1. The van der Waals surface area contributed by atoms with Crippen LogP contribution in [-0.4, -0.2) is 44.5 Å². The van der Waals surface area contributed by atoms with Crippen LogP contribution < -0.4 is 19.1 Å². The van der Waals surface area contributed by atoms with E-state index in [9.17, 15) is 13.2 Å². The molecule has 0 fully saturated rings. The lowest BCUT2D eigenvalue weighted by Crippen LogP contribution is -2.46. The van der Waals surface area contributed by atoms with Gasteiger partial charge in [-0.25, -0.2) is 9.29 Å². The number of fused-ring (bicyclic) bond motifs is 1. The molecular weight excluding hydrogens is 344 g/mol. The molecule has 0 aliphatic carbocycles. The van der Waals surface area contributed by atoms with Gasteiger partial charge in [0.25, 0.3) is 5.91 Å². The molecule has 1 aromatic rings. The molecule has 1 amide bonds. The summed E-state index contributed by atoms with van der Waals surface area (Å²) in [4.78, 5) is 16.5. The number of hydrogen-bond acceptors (Lipinski definition) is 5. The normalized spacial score (nSPS) is 14.9. The number of anilines is 1. The summed E-state index contributed by atoms with van der Waals surface area (Å²) in [6.07, 6.45) is 1.39. The monoisotopic (exact) mass is 370 g/mol. The summed E-state index contributed by atoms with van der Waals surface area (Å²) in [5, 5.41) is 2.83. The van der Waals surface area contributed by atoms with E-state index in [0.29, 0.717) is 6.54 Å². The highest BCUT2D eigenvalue weighted by atomic mass is 32.2. The van der Waals surface area contributed by atoms with E-state index in [2.05, 4.69) is 15.0 Å². The van der Waals surface area contributed by atoms with E-state index < -0.39 is 15.7 Å². The van der Waals surface area contributed by atoms with Crippen LogP contribution in [0.1, 0.15) is 45.0 Å². The van der Waals surface area contributed by atoms with Gasteiger partial charge in [0.2, 0.25) is 5.88 Å². The van der Waals surface area contributed by atoms with E-state index in [1.54, 1.807) is 0 Å². The van der Waals surface area contributed by atoms with Crippen molar-refractivity contribution in [3.05, 3.63) is 17.8 Å². The topological polar surface area (TPSA) is 101 Å². The summed E-state index contributed by atoms with van der Waals surface area (Å²) >= 11 is 0. The first-order chi connectivity index (χ1) is 11.5. The van der Waals surface area contributed by atoms with Gasteiger partial charge in [-0.05, 0) is 32.8 Å². The van der Waals surface area contributed by atoms with Gasteiger partial charge in [0.1, 0.15) is 12.3 Å². The van der Waals surface area contributed by atoms with Crippen LogP contribution >= 0.6 is 0 Å². The first-order valence-corrected chi connectivity index (χ1v) is 9.66. The molecule has 0 aromatic carbocycles. The highest BCUT2D eigenvalue weighted by molar-refractivity contribution is 7.90. The molecule has 1 aliphatic heterocycles. The molecule has 0 bridgehead atoms. The zero-order valence-corrected chi connectivity index (χ0v) is 16.1. The van der Waals surface area contributed by atoms with Crippen LogP contribution in [-0.2, 0) is 10.2 Å². The third-order valence-electron chi connectivity index (χ3n) is 3.35. The molecular formula is C16H26N4O4S. The number of rotatable bonds is 5. The molecule has 140 valence electrons. The van der Waals surface area contributed by atoms with E-state index in [0.717, 1.165) is 0 Å². The van der Waals surface area contributed by atoms with Crippen molar-refractivity contribution in [2.24, 2.45) is 5.92 Å². The SMILES string of the molecule is CC(C)CNS(=O)(=O)N1CCOc2ncc(C(=O)NC(C)(C)C)cc21. The standard InChI is InChI=1S/C16H26N4O4S/c1-11(2)9-18-25(22,23)20-6-7-24-15-13(20)8-12(10-17-15)14(21)19-16(3,4)5/h8,10-11,18H,6-7,9H2,1-5H3,(H,19,21). The number of nitrogens with zero attached hydrogens (tertiary/aromatic N) is 2. The fourth-order valence-corrected chi connectivity index (χ4v) is 3.62. The Morgan fingerprint density at radius 1 is 1.40 bits per heavy atom. The minimum atomic E-state index is -3.74. The average Bonchev–Trinajstić information content (AvgIpc) is 2.50. The van der Waals surface area contributed by atoms with Crippen LogP contribution in [0.25, 0.3) is 0 Å². The predicted octanol–water partition coefficient (Wildman–Crippen LogP) is 1.30. The maximum absolute atomic E-state index is 12.6. The van der Waals surface area contributed by atoms with E-state index in [1.165, 1.54) is 16.6 Å². The zero-order valence-electron chi connectivity index (χ0n) is 15.3. The Hall–Kier alpha value is -1.87. The summed E-state index contributed by atoms with van der Waals surface area (Å²) in [5.41, 5.74) is 0.140. The molecule has 2 N–H and O–H groups in total. The number of carbonyl (C=O) groups excluding carboxylic acids is 1. The Bertz CT molecular complexity index is 741. The summed E-state index contributed by atoms with van der Waals surface area (Å²) in [6, 6.07) is 1.50. The van der Waals surface area contributed by atoms with Gasteiger partial charge < -0.3 is 10.1 Å². The number of carbonyl (C=O) groups is 1. The van der Waals surface area contributed by atoms with Crippen molar-refractivity contribution in [1.82, 2.24) is 15.0 Å². The predicted molar refractivity (Wildman–Crippen MR) is 96.1 cm³/mol. The molecule has 2 heterocycles. The maximum atomic E-state index is 12.6. The van der Waals surface area contributed by atoms with Crippen LogP contribution in [0.3, 0.4) is 0 Å². The Balaban J connectivity index is 2.33. The lowest BCUT2D eigenvalue weighted by Gasteiger charge is -2.30. The van der Waals surface area contributed by atoms with Crippen LogP contribution in [0.5, 0.6) is 5.88 Å². The molecule has 0 spiro atoms. The summed E-state index contributed by atoms with van der Waals surface area (Å²) in [7, 11) is -3.74. The first kappa shape index (κ1) is 19.5. The van der Waals surface area contributed by atoms with Gasteiger partial charge in [0.05, 0.1) is 12.1 Å². The van der Waals surface area contributed by atoms with Crippen LogP contribution in [0.2, 0.25) is 0 Å². The minimum Gasteiger partial charge on any atom is -0.474 e. The summed E-state index contributed by atoms with van der Waals surface area (Å²) in [5.74, 6) is 0.0617. The molecule has 0 unspecified atom stereocenters. The largest absolute Gasteiger partial charge is 0.474 e. The van der Waals surface area contributed by atoms with Crippen molar-refractivity contribution >= 4 is 21.8 Å². The molecule has 0 atom stereocenters. The Morgan fingerprint density at radius 2 is 2.08 bits per heavy atom. The fraction of sp³-hybridized carbons (Fsp3) is 0.625. The number of hydrogen-bond donors (Lipinski definition) is 2. The highest BCUT2D eigenvalue weighted by Crippen LogP contribution is 2.31. The average molecular weight is 370 g/mol. The van der Waals surface area contributed by atoms with Crippen LogP contribution in [0.4, 0.5) is 5.69 Å². The highest BCUT2D eigenvalue weighted by Gasteiger charge is 2.30. The number of nitrogens with one attached hydrogen (secondary N) is 2. The van der Waals surface area contributed by atoms with Gasteiger partial charge in [0.15, 0.2) is 0 Å². The van der Waals surface area contributed by atoms with E-state index in [4.69, 9.17) is 4.74 Å². The summed E-state index contributed by atoms with van der Waals surface area (Å²) in [6.45, 7) is 10.1. The van der Waals surface area contributed by atoms with Crippen molar-refractivity contribution in [3.63, 3.8) is 0 Å². The van der Waals surface area contributed by atoms with Crippen molar-refractivity contribution in [3.8, 4) is 5.88 Å². The fourth-order valence-electron chi connectivity index (χ4n) is 2.21. The van der Waals surface area contributed by atoms with E-state index in [-0.39, 0.29) is 42.1 Å². The van der Waals surface area contributed by atoms with Gasteiger partial charge in [-0.1, -0.05) is 13.8 Å². The van der Waals surface area contributed by atoms with Gasteiger partial charge in [0, 0.05) is 18.3 Å². The second-order valence-corrected chi connectivity index (χ2v) is 9.10. The number of aromatic nitrogens is 1. The van der Waals surface area contributed by atoms with E-state index in [1.807, 2.05) is 34.6 Å². The van der Waals surface area contributed by atoms with Crippen molar-refractivity contribution < 1.29 is 17.9 Å². The Labute approximate surface area is 149 Å². The molecule has 0 radical (unpaired) electrons. The third kappa shape index (κ3) is 5.05. The van der Waals surface area contributed by atoms with Gasteiger partial charge in [-0.15, -0.1) is 0 Å². The van der Waals surface area contributed by atoms with Crippen molar-refractivity contribution in [2.75, 3.05) is 24.0 Å². The van der Waals surface area contributed by atoms with Crippen molar-refractivity contribution in [2.45, 2.75) is 40.2 Å². The molecule has 25 heavy (non-hydrogen) atoms. The van der Waals surface area contributed by atoms with Crippen LogP contribution in [0, 0.1) is 5.92 Å². The molecule has 1 aliphatic rings. The second kappa shape index (κ2) is 7.17. The quantitative estimate of drug-likeness (QED) is 0.814. The molecule has 8 nitrogen and oxygen atoms in total. The molecule has 0 saturated carbocycles. The lowest BCUT2D eigenvalue weighted by molar-refractivity contribution is 0.0919. The summed E-state index contributed by atoms with van der Waals surface area (Å²) < 4.78 is 34.4. The number of ether oxygens (including phenoxy) is 1. The number of amides is 1. The van der Waals surface area contributed by atoms with Gasteiger partial charge in [-0.2, -0.15) is 13.1 Å². The third-order valence-corrected chi connectivity index (χ3v) is 4.84. The minimum absolute atomic E-state index is 0.159. The Kier molecular flexibility index (Phi) is 5.58. The van der Waals surface area contributed by atoms with Crippen molar-refractivity contribution in [1.29, 1.82) is 0 Å². The second-order valence-electron chi connectivity index (χ2n) is 7.42. The van der Waals surface area contributed by atoms with Crippen LogP contribution in [0.15, 0.2) is 12.3 Å². The zero-order chi connectivity index (χ0) is 18.8. The molecule has 9 heteroatoms. The van der Waals surface area contributed by atoms with E-state index >= 15 is 0 Å². The Morgan fingerprint density at radius 3 is 2.68 bits per heavy atom. The first-order valence-electron chi connectivity index (χ1n) is 8.22. The van der Waals surface area contributed by atoms with Gasteiger partial charge in [-0.3, -0.25) is 4.79 Å². The molecule has 0 saturated heterocycles. The van der Waals surface area contributed by atoms with Gasteiger partial charge >= 0.3 is 10.2 Å². The lowest BCUT2D eigenvalue weighted by atomic mass is 10.1.